The van der Waals surface area contributed by atoms with Crippen LogP contribution in [0.1, 0.15) is 30.4 Å². The number of nitrogens with one attached hydrogen (secondary N) is 2. The number of aliphatic carboxylic acids is 1. The Balaban J connectivity index is 1.91. The van der Waals surface area contributed by atoms with Crippen molar-refractivity contribution in [1.82, 2.24) is 5.32 Å². The van der Waals surface area contributed by atoms with Crippen LogP contribution in [0.2, 0.25) is 0 Å². The number of urea groups is 1. The lowest BCUT2D eigenvalue weighted by molar-refractivity contribution is -0.153. The highest BCUT2D eigenvalue weighted by atomic mass is 16.4. The first-order chi connectivity index (χ1) is 9.41. The number of aryl methyl sites for hydroxylation is 2. The largest absolute Gasteiger partial charge is 0.481 e. The van der Waals surface area contributed by atoms with Gasteiger partial charge in [-0.15, -0.1) is 0 Å². The standard InChI is InChI=1S/C15H20N2O3/c1-10-6-11(2)8-12(7-10)17-14(20)16-9-15(13(18)19)4-3-5-15/h6-8H,3-5,9H2,1-2H3,(H,18,19)(H2,16,17,20). The Morgan fingerprint density at radius 2 is 1.80 bits per heavy atom. The molecular weight excluding hydrogens is 256 g/mol. The van der Waals surface area contributed by atoms with Gasteiger partial charge in [-0.2, -0.15) is 0 Å². The van der Waals surface area contributed by atoms with Crippen LogP contribution in [0.25, 0.3) is 0 Å². The minimum absolute atomic E-state index is 0.180. The van der Waals surface area contributed by atoms with Gasteiger partial charge in [-0.25, -0.2) is 4.79 Å². The predicted octanol–water partition coefficient (Wildman–Crippen LogP) is 2.68. The molecule has 1 fully saturated rings. The predicted molar refractivity (Wildman–Crippen MR) is 76.9 cm³/mol. The van der Waals surface area contributed by atoms with Crippen molar-refractivity contribution < 1.29 is 14.7 Å². The van der Waals surface area contributed by atoms with Crippen molar-refractivity contribution in [3.05, 3.63) is 29.3 Å². The van der Waals surface area contributed by atoms with E-state index in [-0.39, 0.29) is 12.6 Å². The molecule has 0 unspecified atom stereocenters. The Bertz CT molecular complexity index is 516. The molecule has 5 nitrogen and oxygen atoms in total. The second-order valence-corrected chi connectivity index (χ2v) is 5.62. The fourth-order valence-corrected chi connectivity index (χ4v) is 2.54. The van der Waals surface area contributed by atoms with E-state index >= 15 is 0 Å². The van der Waals surface area contributed by atoms with Gasteiger partial charge in [0, 0.05) is 12.2 Å². The molecule has 108 valence electrons. The zero-order chi connectivity index (χ0) is 14.8. The van der Waals surface area contributed by atoms with Gasteiger partial charge in [0.2, 0.25) is 0 Å². The average molecular weight is 276 g/mol. The minimum atomic E-state index is -0.824. The zero-order valence-corrected chi connectivity index (χ0v) is 11.8. The molecule has 0 aromatic heterocycles. The molecule has 1 aromatic rings. The molecule has 1 saturated carbocycles. The van der Waals surface area contributed by atoms with Crippen LogP contribution >= 0.6 is 0 Å². The average Bonchev–Trinajstić information content (AvgIpc) is 2.25. The molecule has 3 N–H and O–H groups in total. The van der Waals surface area contributed by atoms with E-state index in [1.807, 2.05) is 32.0 Å². The Kier molecular flexibility index (Phi) is 3.97. The van der Waals surface area contributed by atoms with Crippen LogP contribution in [0, 0.1) is 19.3 Å². The molecule has 0 aliphatic heterocycles. The minimum Gasteiger partial charge on any atom is -0.481 e. The summed E-state index contributed by atoms with van der Waals surface area (Å²) in [6, 6.07) is 5.42. The van der Waals surface area contributed by atoms with E-state index < -0.39 is 11.4 Å². The summed E-state index contributed by atoms with van der Waals surface area (Å²) in [5.41, 5.74) is 2.10. The summed E-state index contributed by atoms with van der Waals surface area (Å²) in [5, 5.41) is 14.6. The number of carboxylic acids is 1. The van der Waals surface area contributed by atoms with Gasteiger partial charge in [-0.05, 0) is 49.9 Å². The number of carboxylic acid groups (broad SMARTS) is 1. The topological polar surface area (TPSA) is 78.4 Å². The number of benzene rings is 1. The SMILES string of the molecule is Cc1cc(C)cc(NC(=O)NCC2(C(=O)O)CCC2)c1. The molecule has 20 heavy (non-hydrogen) atoms. The van der Waals surface area contributed by atoms with E-state index in [4.69, 9.17) is 0 Å². The number of hydrogen-bond donors (Lipinski definition) is 3. The van der Waals surface area contributed by atoms with Gasteiger partial charge < -0.3 is 15.7 Å². The van der Waals surface area contributed by atoms with Gasteiger partial charge >= 0.3 is 12.0 Å². The van der Waals surface area contributed by atoms with Crippen LogP contribution in [-0.2, 0) is 4.79 Å². The number of carbonyl (C=O) groups is 2. The summed E-state index contributed by atoms with van der Waals surface area (Å²) in [6.07, 6.45) is 2.17. The van der Waals surface area contributed by atoms with Gasteiger partial charge in [-0.3, -0.25) is 4.79 Å². The smallest absolute Gasteiger partial charge is 0.319 e. The highest BCUT2D eigenvalue weighted by Gasteiger charge is 2.44. The maximum absolute atomic E-state index is 11.8. The number of anilines is 1. The molecule has 0 saturated heterocycles. The zero-order valence-electron chi connectivity index (χ0n) is 11.8. The summed E-state index contributed by atoms with van der Waals surface area (Å²) < 4.78 is 0. The quantitative estimate of drug-likeness (QED) is 0.791. The molecule has 1 aliphatic carbocycles. The van der Waals surface area contributed by atoms with Crippen LogP contribution < -0.4 is 10.6 Å². The van der Waals surface area contributed by atoms with E-state index in [0.717, 1.165) is 23.2 Å². The molecule has 2 amide bonds. The van der Waals surface area contributed by atoms with Crippen LogP contribution in [0.4, 0.5) is 10.5 Å². The molecule has 1 aliphatic rings. The molecular formula is C15H20N2O3. The molecule has 0 atom stereocenters. The molecule has 0 spiro atoms. The fourth-order valence-electron chi connectivity index (χ4n) is 2.54. The van der Waals surface area contributed by atoms with E-state index in [2.05, 4.69) is 10.6 Å². The third kappa shape index (κ3) is 3.10. The summed E-state index contributed by atoms with van der Waals surface area (Å²) in [6.45, 7) is 4.10. The summed E-state index contributed by atoms with van der Waals surface area (Å²) >= 11 is 0. The van der Waals surface area contributed by atoms with Crippen molar-refractivity contribution >= 4 is 17.7 Å². The molecule has 0 heterocycles. The fraction of sp³-hybridized carbons (Fsp3) is 0.467. The van der Waals surface area contributed by atoms with Gasteiger partial charge in [0.05, 0.1) is 5.41 Å². The highest BCUT2D eigenvalue weighted by molar-refractivity contribution is 5.90. The van der Waals surface area contributed by atoms with Gasteiger partial charge in [0.25, 0.3) is 0 Å². The summed E-state index contributed by atoms with van der Waals surface area (Å²) in [5.74, 6) is -0.824. The first-order valence-electron chi connectivity index (χ1n) is 6.78. The maximum Gasteiger partial charge on any atom is 0.319 e. The van der Waals surface area contributed by atoms with Crippen molar-refractivity contribution in [3.63, 3.8) is 0 Å². The van der Waals surface area contributed by atoms with Gasteiger partial charge in [-0.1, -0.05) is 12.5 Å². The number of hydrogen-bond acceptors (Lipinski definition) is 2. The second-order valence-electron chi connectivity index (χ2n) is 5.62. The Hall–Kier alpha value is -2.04. The van der Waals surface area contributed by atoms with Crippen LogP contribution in [0.3, 0.4) is 0 Å². The highest BCUT2D eigenvalue weighted by Crippen LogP contribution is 2.40. The van der Waals surface area contributed by atoms with E-state index in [1.54, 1.807) is 0 Å². The molecule has 0 radical (unpaired) electrons. The lowest BCUT2D eigenvalue weighted by atomic mass is 9.69. The maximum atomic E-state index is 11.8. The van der Waals surface area contributed by atoms with Gasteiger partial charge in [0.1, 0.15) is 0 Å². The van der Waals surface area contributed by atoms with Crippen molar-refractivity contribution in [3.8, 4) is 0 Å². The van der Waals surface area contributed by atoms with Crippen molar-refractivity contribution in [2.45, 2.75) is 33.1 Å². The molecule has 2 rings (SSSR count). The lowest BCUT2D eigenvalue weighted by Crippen LogP contribution is -2.48. The molecule has 5 heteroatoms. The normalized spacial score (nSPS) is 16.1. The van der Waals surface area contributed by atoms with E-state index in [1.165, 1.54) is 0 Å². The van der Waals surface area contributed by atoms with Crippen molar-refractivity contribution in [2.75, 3.05) is 11.9 Å². The number of amides is 2. The number of carbonyl (C=O) groups excluding carboxylic acids is 1. The third-order valence-corrected chi connectivity index (χ3v) is 3.83. The van der Waals surface area contributed by atoms with E-state index in [9.17, 15) is 14.7 Å². The molecule has 1 aromatic carbocycles. The van der Waals surface area contributed by atoms with E-state index in [0.29, 0.717) is 12.8 Å². The van der Waals surface area contributed by atoms with Crippen LogP contribution in [-0.4, -0.2) is 23.7 Å². The Morgan fingerprint density at radius 1 is 1.20 bits per heavy atom. The Morgan fingerprint density at radius 3 is 2.25 bits per heavy atom. The number of rotatable bonds is 4. The van der Waals surface area contributed by atoms with Crippen LogP contribution in [0.5, 0.6) is 0 Å². The van der Waals surface area contributed by atoms with Crippen molar-refractivity contribution in [2.24, 2.45) is 5.41 Å². The first-order valence-corrected chi connectivity index (χ1v) is 6.78. The molecule has 0 bridgehead atoms. The summed E-state index contributed by atoms with van der Waals surface area (Å²) in [7, 11) is 0. The van der Waals surface area contributed by atoms with Crippen molar-refractivity contribution in [1.29, 1.82) is 0 Å². The second kappa shape index (κ2) is 5.53. The van der Waals surface area contributed by atoms with Gasteiger partial charge in [0.15, 0.2) is 0 Å². The first kappa shape index (κ1) is 14.4. The third-order valence-electron chi connectivity index (χ3n) is 3.83. The lowest BCUT2D eigenvalue weighted by Gasteiger charge is -2.37. The monoisotopic (exact) mass is 276 g/mol. The van der Waals surface area contributed by atoms with Crippen LogP contribution in [0.15, 0.2) is 18.2 Å². The summed E-state index contributed by atoms with van der Waals surface area (Å²) in [4.78, 5) is 23.0. The Labute approximate surface area is 118 Å².